The summed E-state index contributed by atoms with van der Waals surface area (Å²) in [7, 11) is 3.28. The molecule has 1 N–H and O–H groups in total. The second-order valence-electron chi connectivity index (χ2n) is 6.07. The fraction of sp³-hybridized carbons (Fsp3) is 0.714. The van der Waals surface area contributed by atoms with E-state index in [4.69, 9.17) is 0 Å². The van der Waals surface area contributed by atoms with E-state index < -0.39 is 5.54 Å². The Morgan fingerprint density at radius 3 is 2.41 bits per heavy atom. The monoisotopic (exact) mass is 306 g/mol. The van der Waals surface area contributed by atoms with Crippen LogP contribution in [0.25, 0.3) is 0 Å². The van der Waals surface area contributed by atoms with Crippen molar-refractivity contribution < 1.29 is 9.59 Å². The Hall–Kier alpha value is -1.96. The highest BCUT2D eigenvalue weighted by atomic mass is 16.2. The van der Waals surface area contributed by atoms with Gasteiger partial charge in [0.15, 0.2) is 0 Å². The number of H-pyrrole nitrogens is 1. The Bertz CT molecular complexity index is 590. The third-order valence-corrected chi connectivity index (χ3v) is 4.87. The predicted octanol–water partition coefficient (Wildman–Crippen LogP) is 0.226. The third kappa shape index (κ3) is 2.18. The van der Waals surface area contributed by atoms with Crippen LogP contribution in [-0.4, -0.2) is 74.5 Å². The molecule has 3 amide bonds. The quantitative estimate of drug-likeness (QED) is 0.808. The molecular weight excluding hydrogens is 284 g/mol. The molecule has 0 atom stereocenters. The summed E-state index contributed by atoms with van der Waals surface area (Å²) in [4.78, 5) is 33.9. The van der Waals surface area contributed by atoms with Crippen LogP contribution in [0.4, 0.5) is 4.79 Å². The van der Waals surface area contributed by atoms with Gasteiger partial charge >= 0.3 is 6.03 Å². The highest BCUT2D eigenvalue weighted by molar-refractivity contribution is 6.06. The molecule has 8 nitrogen and oxygen atoms in total. The molecule has 3 rings (SSSR count). The summed E-state index contributed by atoms with van der Waals surface area (Å²) >= 11 is 0. The fourth-order valence-corrected chi connectivity index (χ4v) is 3.36. The lowest BCUT2D eigenvalue weighted by molar-refractivity contribution is -0.134. The molecule has 1 spiro atoms. The highest BCUT2D eigenvalue weighted by Gasteiger charge is 2.55. The number of aromatic nitrogens is 3. The van der Waals surface area contributed by atoms with E-state index in [2.05, 4.69) is 20.1 Å². The smallest absolute Gasteiger partial charge is 0.312 e. The van der Waals surface area contributed by atoms with Crippen LogP contribution in [0.15, 0.2) is 0 Å². The maximum atomic E-state index is 12.4. The van der Waals surface area contributed by atoms with E-state index in [9.17, 15) is 9.59 Å². The average Bonchev–Trinajstić information content (AvgIpc) is 3.05. The van der Waals surface area contributed by atoms with Gasteiger partial charge in [-0.2, -0.15) is 5.10 Å². The molecular formula is C14H22N6O2. The average molecular weight is 306 g/mol. The third-order valence-electron chi connectivity index (χ3n) is 4.87. The number of hydrogen-bond acceptors (Lipinski definition) is 5. The number of carbonyl (C=O) groups excluding carboxylic acids is 2. The summed E-state index contributed by atoms with van der Waals surface area (Å²) in [5, 5.41) is 7.09. The number of nitrogens with one attached hydrogen (secondary N) is 1. The van der Waals surface area contributed by atoms with Crippen molar-refractivity contribution in [3.05, 3.63) is 11.6 Å². The first kappa shape index (κ1) is 15.0. The second kappa shape index (κ2) is 5.35. The van der Waals surface area contributed by atoms with Crippen LogP contribution in [0.5, 0.6) is 0 Å². The maximum Gasteiger partial charge on any atom is 0.327 e. The first-order chi connectivity index (χ1) is 10.5. The minimum absolute atomic E-state index is 0.0763. The topological polar surface area (TPSA) is 85.4 Å². The van der Waals surface area contributed by atoms with Gasteiger partial charge in [0.05, 0.1) is 6.54 Å². The van der Waals surface area contributed by atoms with E-state index in [1.807, 2.05) is 6.92 Å². The molecule has 0 saturated carbocycles. The SMILES string of the molecule is CCc1n[nH]c(CN2CCC3(CC2)C(=O)N(C)C(=O)N3C)n1. The van der Waals surface area contributed by atoms with Gasteiger partial charge in [0.2, 0.25) is 0 Å². The molecule has 1 aromatic rings. The molecule has 0 bridgehead atoms. The van der Waals surface area contributed by atoms with Crippen molar-refractivity contribution in [1.82, 2.24) is 29.9 Å². The van der Waals surface area contributed by atoms with Gasteiger partial charge in [0.1, 0.15) is 17.2 Å². The van der Waals surface area contributed by atoms with E-state index in [1.165, 1.54) is 4.90 Å². The number of carbonyl (C=O) groups is 2. The molecule has 0 aliphatic carbocycles. The Labute approximate surface area is 129 Å². The van der Waals surface area contributed by atoms with Gasteiger partial charge in [-0.3, -0.25) is 19.7 Å². The number of imide groups is 1. The largest absolute Gasteiger partial charge is 0.327 e. The van der Waals surface area contributed by atoms with E-state index in [0.717, 1.165) is 31.2 Å². The number of rotatable bonds is 3. The summed E-state index contributed by atoms with van der Waals surface area (Å²) < 4.78 is 0. The van der Waals surface area contributed by atoms with E-state index >= 15 is 0 Å². The van der Waals surface area contributed by atoms with E-state index in [0.29, 0.717) is 19.4 Å². The number of amides is 3. The number of piperidine rings is 1. The fourth-order valence-electron chi connectivity index (χ4n) is 3.36. The molecule has 3 heterocycles. The maximum absolute atomic E-state index is 12.4. The number of likely N-dealkylation sites (N-methyl/N-ethyl adjacent to an activating group) is 2. The van der Waals surface area contributed by atoms with Crippen molar-refractivity contribution in [1.29, 1.82) is 0 Å². The molecule has 22 heavy (non-hydrogen) atoms. The van der Waals surface area contributed by atoms with Crippen LogP contribution >= 0.6 is 0 Å². The van der Waals surface area contributed by atoms with Crippen molar-refractivity contribution in [3.63, 3.8) is 0 Å². The first-order valence-corrected chi connectivity index (χ1v) is 7.66. The van der Waals surface area contributed by atoms with Crippen molar-refractivity contribution >= 4 is 11.9 Å². The van der Waals surface area contributed by atoms with Crippen LogP contribution in [0.3, 0.4) is 0 Å². The lowest BCUT2D eigenvalue weighted by Crippen LogP contribution is -2.55. The molecule has 1 aromatic heterocycles. The molecule has 120 valence electrons. The summed E-state index contributed by atoms with van der Waals surface area (Å²) in [6.45, 7) is 4.25. The van der Waals surface area contributed by atoms with Gasteiger partial charge in [-0.25, -0.2) is 9.78 Å². The zero-order valence-electron chi connectivity index (χ0n) is 13.3. The standard InChI is InChI=1S/C14H22N6O2/c1-4-10-15-11(17-16-10)9-20-7-5-14(6-8-20)12(21)18(2)13(22)19(14)3/h4-9H2,1-3H3,(H,15,16,17). The number of aromatic amines is 1. The number of nitrogens with zero attached hydrogens (tertiary/aromatic N) is 5. The van der Waals surface area contributed by atoms with Gasteiger partial charge in [-0.05, 0) is 12.8 Å². The summed E-state index contributed by atoms with van der Waals surface area (Å²) in [5.74, 6) is 1.60. The molecule has 0 aromatic carbocycles. The van der Waals surface area contributed by atoms with Crippen LogP contribution in [-0.2, 0) is 17.8 Å². The zero-order chi connectivity index (χ0) is 15.9. The summed E-state index contributed by atoms with van der Waals surface area (Å²) in [5.41, 5.74) is -0.654. The van der Waals surface area contributed by atoms with Gasteiger partial charge in [-0.15, -0.1) is 0 Å². The van der Waals surface area contributed by atoms with Crippen LogP contribution in [0, 0.1) is 0 Å². The van der Waals surface area contributed by atoms with Gasteiger partial charge in [0, 0.05) is 33.6 Å². The number of likely N-dealkylation sites (tertiary alicyclic amines) is 1. The van der Waals surface area contributed by atoms with Gasteiger partial charge in [-0.1, -0.05) is 6.92 Å². The first-order valence-electron chi connectivity index (χ1n) is 7.66. The molecule has 8 heteroatoms. The lowest BCUT2D eigenvalue weighted by Gasteiger charge is -2.40. The van der Waals surface area contributed by atoms with Crippen LogP contribution in [0.2, 0.25) is 0 Å². The molecule has 2 aliphatic heterocycles. The minimum atomic E-state index is -0.654. The Kier molecular flexibility index (Phi) is 3.64. The predicted molar refractivity (Wildman–Crippen MR) is 78.9 cm³/mol. The number of aryl methyl sites for hydroxylation is 1. The van der Waals surface area contributed by atoms with Crippen LogP contribution in [0.1, 0.15) is 31.4 Å². The normalized spacial score (nSPS) is 22.1. The van der Waals surface area contributed by atoms with Crippen molar-refractivity contribution in [3.8, 4) is 0 Å². The van der Waals surface area contributed by atoms with Crippen molar-refractivity contribution in [2.24, 2.45) is 0 Å². The molecule has 2 saturated heterocycles. The highest BCUT2D eigenvalue weighted by Crippen LogP contribution is 2.35. The van der Waals surface area contributed by atoms with Crippen molar-refractivity contribution in [2.45, 2.75) is 38.3 Å². The van der Waals surface area contributed by atoms with Crippen LogP contribution < -0.4 is 0 Å². The van der Waals surface area contributed by atoms with E-state index in [1.54, 1.807) is 19.0 Å². The molecule has 2 aliphatic rings. The molecule has 0 unspecified atom stereocenters. The van der Waals surface area contributed by atoms with Gasteiger partial charge in [0.25, 0.3) is 5.91 Å². The zero-order valence-corrected chi connectivity index (χ0v) is 13.3. The Morgan fingerprint density at radius 1 is 1.23 bits per heavy atom. The summed E-state index contributed by atoms with van der Waals surface area (Å²) in [6, 6.07) is -0.207. The summed E-state index contributed by atoms with van der Waals surface area (Å²) in [6.07, 6.45) is 2.13. The molecule has 0 radical (unpaired) electrons. The van der Waals surface area contributed by atoms with Gasteiger partial charge < -0.3 is 4.90 Å². The Balaban J connectivity index is 1.65. The van der Waals surface area contributed by atoms with Crippen molar-refractivity contribution in [2.75, 3.05) is 27.2 Å². The molecule has 2 fully saturated rings. The lowest BCUT2D eigenvalue weighted by atomic mass is 9.86. The Morgan fingerprint density at radius 2 is 1.91 bits per heavy atom. The number of urea groups is 1. The second-order valence-corrected chi connectivity index (χ2v) is 6.07. The van der Waals surface area contributed by atoms with E-state index in [-0.39, 0.29) is 11.9 Å². The minimum Gasteiger partial charge on any atom is -0.312 e. The number of hydrogen-bond donors (Lipinski definition) is 1.